The van der Waals surface area contributed by atoms with Gasteiger partial charge in [-0.1, -0.05) is 109 Å². The molecule has 0 aliphatic heterocycles. The van der Waals surface area contributed by atoms with Gasteiger partial charge in [-0.15, -0.1) is 0 Å². The molecular weight excluding hydrogens is 462 g/mol. The van der Waals surface area contributed by atoms with E-state index in [2.05, 4.69) is 132 Å². The number of anilines is 3. The van der Waals surface area contributed by atoms with Crippen LogP contribution in [0.25, 0.3) is 44.2 Å². The highest BCUT2D eigenvalue weighted by Crippen LogP contribution is 2.43. The molecule has 0 bridgehead atoms. The summed E-state index contributed by atoms with van der Waals surface area (Å²) in [6, 6.07) is 53.2. The van der Waals surface area contributed by atoms with E-state index in [-0.39, 0.29) is 0 Å². The summed E-state index contributed by atoms with van der Waals surface area (Å²) in [5.41, 5.74) is 9.92. The second-order valence-corrected chi connectivity index (χ2v) is 9.41. The van der Waals surface area contributed by atoms with Crippen LogP contribution in [0.2, 0.25) is 0 Å². The molecule has 7 aromatic rings. The van der Waals surface area contributed by atoms with Crippen LogP contribution < -0.4 is 4.90 Å². The molecule has 2 heteroatoms. The SMILES string of the molecule is c1ccc(-c2ccc(-c3ccc(N(c4ccccc4)c4cccc5oc6ccccc6c45)cc3)cc2)cc1. The van der Waals surface area contributed by atoms with Crippen LogP contribution in [0.1, 0.15) is 0 Å². The standard InChI is InChI=1S/C36H25NO/c1-3-10-26(11-4-1)27-18-20-28(21-19-27)29-22-24-31(25-23-29)37(30-12-5-2-6-13-30)33-15-9-17-35-36(33)32-14-7-8-16-34(32)38-35/h1-25H. The molecular formula is C36H25NO. The molecule has 0 spiro atoms. The normalized spacial score (nSPS) is 11.2. The number of nitrogens with zero attached hydrogens (tertiary/aromatic N) is 1. The third kappa shape index (κ3) is 3.93. The van der Waals surface area contributed by atoms with Crippen molar-refractivity contribution in [2.24, 2.45) is 0 Å². The molecule has 0 radical (unpaired) electrons. The molecule has 7 rings (SSSR count). The maximum atomic E-state index is 6.21. The van der Waals surface area contributed by atoms with E-state index >= 15 is 0 Å². The van der Waals surface area contributed by atoms with Gasteiger partial charge in [0.25, 0.3) is 0 Å². The Morgan fingerprint density at radius 1 is 0.368 bits per heavy atom. The largest absolute Gasteiger partial charge is 0.456 e. The van der Waals surface area contributed by atoms with Gasteiger partial charge < -0.3 is 9.32 Å². The third-order valence-corrected chi connectivity index (χ3v) is 7.09. The molecule has 38 heavy (non-hydrogen) atoms. The van der Waals surface area contributed by atoms with Crippen LogP contribution in [0, 0.1) is 0 Å². The van der Waals surface area contributed by atoms with Gasteiger partial charge in [-0.25, -0.2) is 0 Å². The van der Waals surface area contributed by atoms with Crippen LogP contribution >= 0.6 is 0 Å². The lowest BCUT2D eigenvalue weighted by atomic mass is 10.00. The van der Waals surface area contributed by atoms with Gasteiger partial charge in [-0.2, -0.15) is 0 Å². The van der Waals surface area contributed by atoms with Crippen molar-refractivity contribution < 1.29 is 4.42 Å². The van der Waals surface area contributed by atoms with Gasteiger partial charge in [-0.3, -0.25) is 0 Å². The Morgan fingerprint density at radius 3 is 1.55 bits per heavy atom. The Kier molecular flexibility index (Phi) is 5.49. The van der Waals surface area contributed by atoms with E-state index in [0.717, 1.165) is 39.0 Å². The van der Waals surface area contributed by atoms with Gasteiger partial charge >= 0.3 is 0 Å². The lowest BCUT2D eigenvalue weighted by molar-refractivity contribution is 0.669. The topological polar surface area (TPSA) is 16.4 Å². The van der Waals surface area contributed by atoms with E-state index in [9.17, 15) is 0 Å². The fourth-order valence-electron chi connectivity index (χ4n) is 5.24. The summed E-state index contributed by atoms with van der Waals surface area (Å²) >= 11 is 0. The van der Waals surface area contributed by atoms with Crippen molar-refractivity contribution in [1.82, 2.24) is 0 Å². The molecule has 0 amide bonds. The van der Waals surface area contributed by atoms with Crippen LogP contribution in [0.5, 0.6) is 0 Å². The van der Waals surface area contributed by atoms with Crippen LogP contribution in [-0.2, 0) is 0 Å². The number of rotatable bonds is 5. The second-order valence-electron chi connectivity index (χ2n) is 9.41. The van der Waals surface area contributed by atoms with Crippen molar-refractivity contribution in [2.75, 3.05) is 4.90 Å². The first-order chi connectivity index (χ1) is 18.8. The lowest BCUT2D eigenvalue weighted by Gasteiger charge is -2.26. The lowest BCUT2D eigenvalue weighted by Crippen LogP contribution is -2.10. The molecule has 1 aromatic heterocycles. The van der Waals surface area contributed by atoms with Crippen LogP contribution in [0.4, 0.5) is 17.1 Å². The molecule has 6 aromatic carbocycles. The first kappa shape index (κ1) is 22.1. The minimum atomic E-state index is 0.889. The highest BCUT2D eigenvalue weighted by Gasteiger charge is 2.19. The highest BCUT2D eigenvalue weighted by molar-refractivity contribution is 6.13. The molecule has 0 aliphatic carbocycles. The van der Waals surface area contributed by atoms with Crippen molar-refractivity contribution in [2.45, 2.75) is 0 Å². The molecule has 0 fully saturated rings. The number of fused-ring (bicyclic) bond motifs is 3. The van der Waals surface area contributed by atoms with Gasteiger partial charge in [0.15, 0.2) is 0 Å². The number of para-hydroxylation sites is 2. The zero-order valence-electron chi connectivity index (χ0n) is 20.8. The van der Waals surface area contributed by atoms with E-state index in [4.69, 9.17) is 4.42 Å². The Morgan fingerprint density at radius 2 is 0.868 bits per heavy atom. The van der Waals surface area contributed by atoms with E-state index in [1.165, 1.54) is 22.3 Å². The van der Waals surface area contributed by atoms with Gasteiger partial charge in [0.05, 0.1) is 11.1 Å². The molecule has 0 unspecified atom stereocenters. The minimum absolute atomic E-state index is 0.889. The maximum Gasteiger partial charge on any atom is 0.137 e. The van der Waals surface area contributed by atoms with Crippen molar-refractivity contribution in [3.8, 4) is 22.3 Å². The zero-order chi connectivity index (χ0) is 25.3. The van der Waals surface area contributed by atoms with E-state index in [0.29, 0.717) is 0 Å². The van der Waals surface area contributed by atoms with Crippen molar-refractivity contribution in [1.29, 1.82) is 0 Å². The molecule has 0 atom stereocenters. The Hall–Kier alpha value is -5.08. The Bertz CT molecular complexity index is 1830. The summed E-state index contributed by atoms with van der Waals surface area (Å²) in [5, 5.41) is 2.24. The van der Waals surface area contributed by atoms with Crippen LogP contribution in [0.15, 0.2) is 156 Å². The average molecular weight is 488 g/mol. The molecule has 0 saturated carbocycles. The Balaban J connectivity index is 1.31. The van der Waals surface area contributed by atoms with Gasteiger partial charge in [-0.05, 0) is 64.7 Å². The molecule has 180 valence electrons. The molecule has 0 aliphatic rings. The van der Waals surface area contributed by atoms with Crippen molar-refractivity contribution >= 4 is 39.0 Å². The summed E-state index contributed by atoms with van der Waals surface area (Å²) in [4.78, 5) is 2.31. The average Bonchev–Trinajstić information content (AvgIpc) is 3.38. The van der Waals surface area contributed by atoms with Crippen molar-refractivity contribution in [3.63, 3.8) is 0 Å². The predicted molar refractivity (Wildman–Crippen MR) is 159 cm³/mol. The smallest absolute Gasteiger partial charge is 0.137 e. The summed E-state index contributed by atoms with van der Waals surface area (Å²) in [6.45, 7) is 0. The first-order valence-electron chi connectivity index (χ1n) is 12.9. The molecule has 1 heterocycles. The van der Waals surface area contributed by atoms with E-state index in [1.807, 2.05) is 24.3 Å². The van der Waals surface area contributed by atoms with Gasteiger partial charge in [0.1, 0.15) is 11.2 Å². The van der Waals surface area contributed by atoms with Gasteiger partial charge in [0.2, 0.25) is 0 Å². The molecule has 0 saturated heterocycles. The number of hydrogen-bond donors (Lipinski definition) is 0. The van der Waals surface area contributed by atoms with Crippen molar-refractivity contribution in [3.05, 3.63) is 152 Å². The predicted octanol–water partition coefficient (Wildman–Crippen LogP) is 10.4. The molecule has 0 N–H and O–H groups in total. The van der Waals surface area contributed by atoms with Crippen LogP contribution in [-0.4, -0.2) is 0 Å². The van der Waals surface area contributed by atoms with Gasteiger partial charge in [0, 0.05) is 16.8 Å². The molecule has 2 nitrogen and oxygen atoms in total. The van der Waals surface area contributed by atoms with E-state index in [1.54, 1.807) is 0 Å². The fourth-order valence-corrected chi connectivity index (χ4v) is 5.24. The monoisotopic (exact) mass is 487 g/mol. The van der Waals surface area contributed by atoms with E-state index < -0.39 is 0 Å². The third-order valence-electron chi connectivity index (χ3n) is 7.09. The Labute approximate surface area is 222 Å². The maximum absolute atomic E-state index is 6.21. The number of hydrogen-bond acceptors (Lipinski definition) is 2. The fraction of sp³-hybridized carbons (Fsp3) is 0. The number of benzene rings is 6. The summed E-state index contributed by atoms with van der Waals surface area (Å²) in [6.07, 6.45) is 0. The second kappa shape index (κ2) is 9.42. The summed E-state index contributed by atoms with van der Waals surface area (Å²) in [5.74, 6) is 0. The van der Waals surface area contributed by atoms with Crippen LogP contribution in [0.3, 0.4) is 0 Å². The summed E-state index contributed by atoms with van der Waals surface area (Å²) in [7, 11) is 0. The zero-order valence-corrected chi connectivity index (χ0v) is 20.8. The highest BCUT2D eigenvalue weighted by atomic mass is 16.3. The first-order valence-corrected chi connectivity index (χ1v) is 12.9. The number of furan rings is 1. The minimum Gasteiger partial charge on any atom is -0.456 e. The summed E-state index contributed by atoms with van der Waals surface area (Å²) < 4.78 is 6.21. The quantitative estimate of drug-likeness (QED) is 0.240.